The summed E-state index contributed by atoms with van der Waals surface area (Å²) in [4.78, 5) is 17.1. The number of aromatic nitrogens is 3. The molecule has 5 aromatic rings. The van der Waals surface area contributed by atoms with Crippen molar-refractivity contribution in [3.63, 3.8) is 0 Å². The molecule has 0 amide bonds. The normalized spacial score (nSPS) is 14.6. The Morgan fingerprint density at radius 3 is 2.41 bits per heavy atom. The number of rotatable bonds is 6. The molecule has 0 radical (unpaired) electrons. The number of benzene rings is 3. The van der Waals surface area contributed by atoms with Crippen molar-refractivity contribution in [2.24, 2.45) is 4.99 Å². The first-order chi connectivity index (χ1) is 21.2. The van der Waals surface area contributed by atoms with Gasteiger partial charge in [0.05, 0.1) is 16.2 Å². The number of hydrogen-bond acceptors (Lipinski definition) is 8. The van der Waals surface area contributed by atoms with Crippen molar-refractivity contribution >= 4 is 44.6 Å². The minimum Gasteiger partial charge on any atom is -0.478 e. The summed E-state index contributed by atoms with van der Waals surface area (Å²) >= 11 is 8.17. The first-order valence-electron chi connectivity index (χ1n) is 13.7. The molecule has 2 aromatic heterocycles. The Bertz CT molecular complexity index is 2070. The van der Waals surface area contributed by atoms with Gasteiger partial charge in [-0.25, -0.2) is 13.2 Å². The Morgan fingerprint density at radius 2 is 1.70 bits per heavy atom. The molecule has 0 unspecified atom stereocenters. The summed E-state index contributed by atoms with van der Waals surface area (Å²) < 4.78 is 36.8. The number of carboxylic acids is 1. The number of carbonyl (C=O) groups is 1. The molecule has 2 aliphatic rings. The first-order valence-corrected chi connectivity index (χ1v) is 16.3. The summed E-state index contributed by atoms with van der Waals surface area (Å²) in [6.45, 7) is 2.77. The number of nitrogens with zero attached hydrogens (tertiary/aromatic N) is 5. The molecule has 10 nitrogen and oxygen atoms in total. The maximum Gasteiger partial charge on any atom is 0.335 e. The lowest BCUT2D eigenvalue weighted by atomic mass is 9.96. The topological polar surface area (TPSA) is 127 Å². The number of halogens is 1. The number of carboxylic acid groups (broad SMARTS) is 1. The van der Waals surface area contributed by atoms with Gasteiger partial charge in [0.15, 0.2) is 5.82 Å². The minimum absolute atomic E-state index is 0.148. The molecule has 4 heterocycles. The number of sulfonamides is 1. The van der Waals surface area contributed by atoms with Crippen molar-refractivity contribution in [2.75, 3.05) is 6.54 Å². The third-order valence-corrected chi connectivity index (χ3v) is 11.0. The highest BCUT2D eigenvalue weighted by atomic mass is 35.5. The number of thiophene rings is 1. The van der Waals surface area contributed by atoms with Crippen LogP contribution in [0.15, 0.2) is 82.7 Å². The third kappa shape index (κ3) is 4.89. The molecule has 7 rings (SSSR count). The van der Waals surface area contributed by atoms with Gasteiger partial charge in [-0.15, -0.1) is 21.5 Å². The van der Waals surface area contributed by atoms with Crippen molar-refractivity contribution in [1.82, 2.24) is 19.1 Å². The monoisotopic (exact) mass is 645 g/mol. The van der Waals surface area contributed by atoms with Crippen molar-refractivity contribution in [1.29, 1.82) is 0 Å². The zero-order valence-electron chi connectivity index (χ0n) is 23.3. The number of aryl methyl sites for hydroxylation is 1. The average molecular weight is 646 g/mol. The van der Waals surface area contributed by atoms with Gasteiger partial charge in [-0.05, 0) is 73.5 Å². The Hall–Kier alpha value is -4.36. The van der Waals surface area contributed by atoms with Crippen LogP contribution in [0.4, 0.5) is 0 Å². The molecule has 0 fully saturated rings. The van der Waals surface area contributed by atoms with E-state index in [9.17, 15) is 13.2 Å². The van der Waals surface area contributed by atoms with Crippen LogP contribution in [0.5, 0.6) is 11.5 Å². The number of fused-ring (bicyclic) bond motifs is 5. The Labute approximate surface area is 261 Å². The van der Waals surface area contributed by atoms with Gasteiger partial charge < -0.3 is 9.84 Å². The van der Waals surface area contributed by atoms with Crippen LogP contribution in [-0.4, -0.2) is 50.8 Å². The van der Waals surface area contributed by atoms with Crippen LogP contribution in [0.25, 0.3) is 5.00 Å². The number of aliphatic imine (C=N–C) groups is 1. The molecule has 44 heavy (non-hydrogen) atoms. The van der Waals surface area contributed by atoms with Gasteiger partial charge in [-0.3, -0.25) is 9.56 Å². The quantitative estimate of drug-likeness (QED) is 0.244. The van der Waals surface area contributed by atoms with Crippen molar-refractivity contribution < 1.29 is 23.1 Å². The summed E-state index contributed by atoms with van der Waals surface area (Å²) in [5.41, 5.74) is 3.76. The zero-order chi connectivity index (χ0) is 30.6. The molecular formula is C31H24ClN5O5S2. The molecule has 0 spiro atoms. The largest absolute Gasteiger partial charge is 0.478 e. The molecule has 0 aliphatic carbocycles. The molecule has 3 aromatic carbocycles. The van der Waals surface area contributed by atoms with E-state index in [0.29, 0.717) is 41.9 Å². The predicted molar refractivity (Wildman–Crippen MR) is 166 cm³/mol. The van der Waals surface area contributed by atoms with Crippen LogP contribution in [0.1, 0.15) is 43.6 Å². The van der Waals surface area contributed by atoms with Crippen LogP contribution in [0.3, 0.4) is 0 Å². The summed E-state index contributed by atoms with van der Waals surface area (Å²) in [6, 6.07) is 19.8. The fourth-order valence-electron chi connectivity index (χ4n) is 5.48. The summed E-state index contributed by atoms with van der Waals surface area (Å²) in [5, 5.41) is 19.2. The van der Waals surface area contributed by atoms with E-state index in [1.165, 1.54) is 39.9 Å². The smallest absolute Gasteiger partial charge is 0.335 e. The van der Waals surface area contributed by atoms with Crippen LogP contribution < -0.4 is 4.74 Å². The maximum atomic E-state index is 13.8. The lowest BCUT2D eigenvalue weighted by Gasteiger charge is -2.27. The summed E-state index contributed by atoms with van der Waals surface area (Å²) in [7, 11) is -3.81. The van der Waals surface area contributed by atoms with Crippen LogP contribution >= 0.6 is 22.9 Å². The second-order valence-electron chi connectivity index (χ2n) is 10.3. The summed E-state index contributed by atoms with van der Waals surface area (Å²) in [6.07, 6.45) is 0.508. The van der Waals surface area contributed by atoms with E-state index in [-0.39, 0.29) is 17.0 Å². The van der Waals surface area contributed by atoms with Crippen molar-refractivity contribution in [2.45, 2.75) is 31.3 Å². The van der Waals surface area contributed by atoms with Gasteiger partial charge in [0.1, 0.15) is 28.9 Å². The Morgan fingerprint density at radius 1 is 1.00 bits per heavy atom. The highest BCUT2D eigenvalue weighted by Gasteiger charge is 2.35. The third-order valence-electron chi connectivity index (χ3n) is 7.64. The Kier molecular flexibility index (Phi) is 7.08. The minimum atomic E-state index is -3.81. The van der Waals surface area contributed by atoms with E-state index in [2.05, 4.69) is 10.2 Å². The lowest BCUT2D eigenvalue weighted by Crippen LogP contribution is -2.35. The van der Waals surface area contributed by atoms with E-state index in [1.807, 2.05) is 35.8 Å². The molecular weight excluding hydrogens is 622 g/mol. The van der Waals surface area contributed by atoms with Gasteiger partial charge in [-0.1, -0.05) is 29.8 Å². The average Bonchev–Trinajstić information content (AvgIpc) is 3.53. The first kappa shape index (κ1) is 28.4. The fourth-order valence-corrected chi connectivity index (χ4v) is 8.63. The molecule has 0 saturated heterocycles. The summed E-state index contributed by atoms with van der Waals surface area (Å²) in [5.74, 6) is 1.30. The molecule has 0 bridgehead atoms. The van der Waals surface area contributed by atoms with Crippen LogP contribution in [0, 0.1) is 6.92 Å². The highest BCUT2D eigenvalue weighted by molar-refractivity contribution is 7.89. The van der Waals surface area contributed by atoms with Gasteiger partial charge in [-0.2, -0.15) is 4.31 Å². The molecule has 2 aliphatic heterocycles. The second-order valence-corrected chi connectivity index (χ2v) is 13.7. The van der Waals surface area contributed by atoms with E-state index in [4.69, 9.17) is 26.4 Å². The lowest BCUT2D eigenvalue weighted by molar-refractivity contribution is 0.0697. The highest BCUT2D eigenvalue weighted by Crippen LogP contribution is 2.41. The Balaban J connectivity index is 1.19. The van der Waals surface area contributed by atoms with E-state index in [0.717, 1.165) is 38.1 Å². The predicted octanol–water partition coefficient (Wildman–Crippen LogP) is 5.88. The number of aromatic carboxylic acids is 1. The van der Waals surface area contributed by atoms with Gasteiger partial charge >= 0.3 is 5.97 Å². The second kappa shape index (κ2) is 11.0. The fraction of sp³-hybridized carbons (Fsp3) is 0.161. The standard InChI is InChI=1S/C31H24ClN5O5S2/c1-18-34-35-27-16-33-29(23-4-2-3-5-25(23)32)28-24-14-15-36(17-26(24)43-30(28)37(18)27)44(40,41)22-12-10-21(11-13-22)42-20-8-6-19(7-9-20)31(38)39/h2-13H,14-17H2,1H3,(H,38,39). The van der Waals surface area contributed by atoms with Crippen molar-refractivity contribution in [3.8, 4) is 16.5 Å². The van der Waals surface area contributed by atoms with Crippen molar-refractivity contribution in [3.05, 3.63) is 117 Å². The van der Waals surface area contributed by atoms with E-state index < -0.39 is 16.0 Å². The zero-order valence-corrected chi connectivity index (χ0v) is 25.7. The SMILES string of the molecule is Cc1nnc2n1-c1sc3c(c1C(c1ccccc1Cl)=NC2)CCN(S(=O)(=O)c1ccc(Oc2ccc(C(=O)O)cc2)cc1)C3. The van der Waals surface area contributed by atoms with Gasteiger partial charge in [0.25, 0.3) is 0 Å². The molecule has 1 N–H and O–H groups in total. The number of ether oxygens (including phenoxy) is 1. The van der Waals surface area contributed by atoms with Crippen LogP contribution in [0.2, 0.25) is 5.02 Å². The van der Waals surface area contributed by atoms with Crippen LogP contribution in [-0.2, 0) is 29.5 Å². The van der Waals surface area contributed by atoms with Gasteiger partial charge in [0.2, 0.25) is 10.0 Å². The molecule has 222 valence electrons. The molecule has 0 atom stereocenters. The van der Waals surface area contributed by atoms with E-state index >= 15 is 0 Å². The molecule has 0 saturated carbocycles. The van der Waals surface area contributed by atoms with Gasteiger partial charge in [0, 0.05) is 34.1 Å². The van der Waals surface area contributed by atoms with E-state index in [1.54, 1.807) is 24.3 Å². The maximum absolute atomic E-state index is 13.8. The molecule has 13 heteroatoms. The number of hydrogen-bond donors (Lipinski definition) is 1.